The second kappa shape index (κ2) is 10.9. The molecule has 0 radical (unpaired) electrons. The molecule has 0 unspecified atom stereocenters. The molecule has 15 heteroatoms. The van der Waals surface area contributed by atoms with Gasteiger partial charge in [-0.25, -0.2) is 9.48 Å². The van der Waals surface area contributed by atoms with E-state index in [4.69, 9.17) is 11.5 Å². The van der Waals surface area contributed by atoms with Crippen molar-refractivity contribution >= 4 is 35.3 Å². The van der Waals surface area contributed by atoms with Crippen LogP contribution in [0.15, 0.2) is 16.9 Å². The van der Waals surface area contributed by atoms with Gasteiger partial charge in [0.05, 0.1) is 18.0 Å². The van der Waals surface area contributed by atoms with Crippen LogP contribution >= 0.6 is 11.8 Å². The molecule has 6 N–H and O–H groups in total. The second-order valence-corrected chi connectivity index (χ2v) is 12.4. The highest BCUT2D eigenvalue weighted by molar-refractivity contribution is 8.03. The number of hydrogen-bond acceptors (Lipinski definition) is 11. The molecule has 0 saturated carbocycles. The highest BCUT2D eigenvalue weighted by Gasteiger charge is 2.60. The zero-order chi connectivity index (χ0) is 28.0. The Morgan fingerprint density at radius 3 is 2.74 bits per heavy atom. The summed E-state index contributed by atoms with van der Waals surface area (Å²) in [7, 11) is 0. The van der Waals surface area contributed by atoms with Crippen molar-refractivity contribution in [2.24, 2.45) is 29.2 Å². The van der Waals surface area contributed by atoms with E-state index in [9.17, 15) is 24.3 Å². The van der Waals surface area contributed by atoms with Crippen molar-refractivity contribution in [1.82, 2.24) is 35.3 Å². The summed E-state index contributed by atoms with van der Waals surface area (Å²) in [5.74, 6) is -2.44. The summed E-state index contributed by atoms with van der Waals surface area (Å²) in [6.07, 6.45) is 2.75. The maximum atomic E-state index is 13.2. The molecule has 4 aliphatic heterocycles. The van der Waals surface area contributed by atoms with Crippen LogP contribution in [0.25, 0.3) is 0 Å². The number of rotatable bonds is 10. The van der Waals surface area contributed by atoms with E-state index in [0.717, 1.165) is 0 Å². The normalized spacial score (nSPS) is 32.9. The summed E-state index contributed by atoms with van der Waals surface area (Å²) >= 11 is 1.44. The van der Waals surface area contributed by atoms with Crippen LogP contribution in [0.1, 0.15) is 33.1 Å². The van der Waals surface area contributed by atoms with Crippen LogP contribution in [0, 0.1) is 17.8 Å². The Morgan fingerprint density at radius 1 is 1.31 bits per heavy atom. The number of carboxylic acids is 1. The molecule has 3 saturated heterocycles. The van der Waals surface area contributed by atoms with E-state index >= 15 is 0 Å². The Balaban J connectivity index is 1.23. The first kappa shape index (κ1) is 27.7. The first-order valence-electron chi connectivity index (χ1n) is 13.3. The molecule has 0 bridgehead atoms. The number of aliphatic carboxylic acids is 1. The molecule has 14 nitrogen and oxygen atoms in total. The van der Waals surface area contributed by atoms with Crippen LogP contribution in [-0.4, -0.2) is 108 Å². The molecule has 5 rings (SSSR count). The van der Waals surface area contributed by atoms with E-state index in [0.29, 0.717) is 37.4 Å². The lowest BCUT2D eigenvalue weighted by Gasteiger charge is -2.47. The summed E-state index contributed by atoms with van der Waals surface area (Å²) in [6, 6.07) is -0.843. The molecule has 1 aromatic rings. The number of hydrogen-bond donors (Lipinski definition) is 4. The Labute approximate surface area is 229 Å². The average Bonchev–Trinajstić information content (AvgIpc) is 3.67. The summed E-state index contributed by atoms with van der Waals surface area (Å²) < 4.78 is 1.34. The van der Waals surface area contributed by atoms with Gasteiger partial charge in [0.15, 0.2) is 5.78 Å². The number of likely N-dealkylation sites (tertiary alicyclic amines) is 1. The molecular formula is C24H35N9O5S. The number of amides is 2. The summed E-state index contributed by atoms with van der Waals surface area (Å²) in [5, 5.41) is 24.1. The number of thioether (sulfide) groups is 1. The lowest BCUT2D eigenvalue weighted by Crippen LogP contribution is -2.62. The quantitative estimate of drug-likeness (QED) is 0.238. The minimum absolute atomic E-state index is 0.0197. The molecule has 0 spiro atoms. The molecule has 2 amide bonds. The largest absolute Gasteiger partial charge is 0.477 e. The van der Waals surface area contributed by atoms with Gasteiger partial charge < -0.3 is 31.7 Å². The van der Waals surface area contributed by atoms with Gasteiger partial charge in [-0.05, 0) is 29.2 Å². The molecule has 3 fully saturated rings. The standard InChI is InChI=1S/C24H35N9O5S/c1-11(3-15(34)9-31-10-28-29-30-31)18-19-12(2)21(20(24(37)38)33(19)23(18)36)39-16-5-17(27-7-16)22(35)32-8-13(26)4-14(32)6-25/h10-14,16-19,27H,3-9,25-26H2,1-2H3,(H,37,38)/t11-,12+,13+,14-,16-,17-,18+,19+/m0/s1. The van der Waals surface area contributed by atoms with E-state index in [1.807, 2.05) is 13.8 Å². The minimum Gasteiger partial charge on any atom is -0.477 e. The summed E-state index contributed by atoms with van der Waals surface area (Å²) in [4.78, 5) is 55.0. The van der Waals surface area contributed by atoms with Crippen molar-refractivity contribution in [3.8, 4) is 0 Å². The third-order valence-corrected chi connectivity index (χ3v) is 9.88. The zero-order valence-electron chi connectivity index (χ0n) is 22.0. The van der Waals surface area contributed by atoms with Gasteiger partial charge in [-0.2, -0.15) is 0 Å². The first-order valence-corrected chi connectivity index (χ1v) is 14.2. The lowest BCUT2D eigenvalue weighted by molar-refractivity contribution is -0.160. The van der Waals surface area contributed by atoms with E-state index in [1.54, 1.807) is 4.90 Å². The van der Waals surface area contributed by atoms with Gasteiger partial charge in [-0.3, -0.25) is 14.4 Å². The van der Waals surface area contributed by atoms with Crippen molar-refractivity contribution < 1.29 is 24.3 Å². The molecule has 1 aromatic heterocycles. The van der Waals surface area contributed by atoms with Crippen LogP contribution in [0.4, 0.5) is 0 Å². The van der Waals surface area contributed by atoms with Gasteiger partial charge >= 0.3 is 5.97 Å². The molecule has 4 aliphatic rings. The number of nitrogens with zero attached hydrogens (tertiary/aromatic N) is 6. The lowest BCUT2D eigenvalue weighted by atomic mass is 9.73. The van der Waals surface area contributed by atoms with Gasteiger partial charge in [0.1, 0.15) is 18.6 Å². The molecule has 39 heavy (non-hydrogen) atoms. The highest BCUT2D eigenvalue weighted by Crippen LogP contribution is 2.53. The maximum Gasteiger partial charge on any atom is 0.353 e. The Hall–Kier alpha value is -2.88. The van der Waals surface area contributed by atoms with Crippen molar-refractivity contribution in [3.63, 3.8) is 0 Å². The summed E-state index contributed by atoms with van der Waals surface area (Å²) in [5.41, 5.74) is 11.9. The average molecular weight is 562 g/mol. The number of Topliss-reactive ketones (excluding diaryl/α,β-unsaturated/α-hetero) is 1. The number of nitrogens with one attached hydrogen (secondary N) is 1. The number of carbonyl (C=O) groups excluding carboxylic acids is 3. The van der Waals surface area contributed by atoms with Crippen molar-refractivity contribution in [2.75, 3.05) is 19.6 Å². The maximum absolute atomic E-state index is 13.2. The Morgan fingerprint density at radius 2 is 2.08 bits per heavy atom. The van der Waals surface area contributed by atoms with Crippen LogP contribution in [0.5, 0.6) is 0 Å². The second-order valence-electron chi connectivity index (χ2n) is 11.1. The number of β-lactam (4-membered cyclic amide) rings is 1. The van der Waals surface area contributed by atoms with Gasteiger partial charge in [0.2, 0.25) is 11.8 Å². The van der Waals surface area contributed by atoms with Crippen LogP contribution < -0.4 is 16.8 Å². The van der Waals surface area contributed by atoms with Gasteiger partial charge in [0.25, 0.3) is 0 Å². The fraction of sp³-hybridized carbons (Fsp3) is 0.708. The number of nitrogens with two attached hydrogens (primary N) is 2. The predicted octanol–water partition coefficient (Wildman–Crippen LogP) is -1.61. The fourth-order valence-corrected chi connectivity index (χ4v) is 8.04. The number of aromatic nitrogens is 4. The third-order valence-electron chi connectivity index (χ3n) is 8.37. The Bertz CT molecular complexity index is 1180. The number of carboxylic acid groups (broad SMARTS) is 1. The van der Waals surface area contributed by atoms with Crippen LogP contribution in [-0.2, 0) is 25.7 Å². The topological polar surface area (TPSA) is 203 Å². The van der Waals surface area contributed by atoms with E-state index in [1.165, 1.54) is 27.7 Å². The smallest absolute Gasteiger partial charge is 0.353 e. The van der Waals surface area contributed by atoms with Crippen LogP contribution in [0.3, 0.4) is 0 Å². The molecule has 5 heterocycles. The van der Waals surface area contributed by atoms with E-state index in [-0.39, 0.29) is 77.5 Å². The molecular weight excluding hydrogens is 526 g/mol. The number of carbonyl (C=O) groups is 4. The first-order chi connectivity index (χ1) is 18.6. The van der Waals surface area contributed by atoms with Crippen molar-refractivity contribution in [2.45, 2.75) is 69.1 Å². The van der Waals surface area contributed by atoms with Crippen molar-refractivity contribution in [3.05, 3.63) is 16.9 Å². The molecule has 8 atom stereocenters. The van der Waals surface area contributed by atoms with Gasteiger partial charge in [0, 0.05) is 54.2 Å². The Kier molecular flexibility index (Phi) is 7.77. The molecule has 0 aliphatic carbocycles. The van der Waals surface area contributed by atoms with Crippen molar-refractivity contribution in [1.29, 1.82) is 0 Å². The zero-order valence-corrected chi connectivity index (χ0v) is 22.8. The number of tetrazole rings is 1. The van der Waals surface area contributed by atoms with Crippen LogP contribution in [0.2, 0.25) is 0 Å². The molecule has 212 valence electrons. The highest BCUT2D eigenvalue weighted by atomic mass is 32.2. The predicted molar refractivity (Wildman–Crippen MR) is 139 cm³/mol. The number of fused-ring (bicyclic) bond motifs is 1. The van der Waals surface area contributed by atoms with Gasteiger partial charge in [-0.15, -0.1) is 16.9 Å². The SMILES string of the molecule is C[C@@H](CC(=O)Cn1cnnn1)[C@H]1C(=O)N2C(C(=O)O)=C(S[C@@H]3CN[C@H](C(=O)N4C[C@H](N)C[C@H]4CN)C3)[C@H](C)[C@H]12. The van der Waals surface area contributed by atoms with E-state index in [2.05, 4.69) is 20.8 Å². The third kappa shape index (κ3) is 5.08. The molecule has 0 aromatic carbocycles. The van der Waals surface area contributed by atoms with E-state index < -0.39 is 11.9 Å². The minimum atomic E-state index is -1.14. The monoisotopic (exact) mass is 561 g/mol. The summed E-state index contributed by atoms with van der Waals surface area (Å²) in [6.45, 7) is 5.20. The van der Waals surface area contributed by atoms with Gasteiger partial charge in [-0.1, -0.05) is 13.8 Å². The fourth-order valence-electron chi connectivity index (χ4n) is 6.56. The number of ketones is 1.